The zero-order chi connectivity index (χ0) is 22.9. The molecular formula is C26H24N6O. The number of piperazine rings is 1. The molecule has 1 saturated heterocycles. The fourth-order valence-electron chi connectivity index (χ4n) is 4.23. The van der Waals surface area contributed by atoms with E-state index in [1.165, 1.54) is 0 Å². The Morgan fingerprint density at radius 3 is 2.45 bits per heavy atom. The summed E-state index contributed by atoms with van der Waals surface area (Å²) in [7, 11) is 2.08. The first-order valence-electron chi connectivity index (χ1n) is 11.0. The van der Waals surface area contributed by atoms with Crippen molar-refractivity contribution in [3.8, 4) is 28.6 Å². The van der Waals surface area contributed by atoms with Gasteiger partial charge in [-0.1, -0.05) is 18.2 Å². The topological polar surface area (TPSA) is 77.5 Å². The summed E-state index contributed by atoms with van der Waals surface area (Å²) in [5.41, 5.74) is 6.79. The van der Waals surface area contributed by atoms with Crippen molar-refractivity contribution in [2.45, 2.75) is 6.92 Å². The number of hydrogen-bond acceptors (Lipinski definition) is 5. The fraction of sp³-hybridized carbons (Fsp3) is 0.231. The van der Waals surface area contributed by atoms with Crippen LogP contribution in [0.25, 0.3) is 28.2 Å². The number of fused-ring (bicyclic) bond motifs is 1. The average molecular weight is 437 g/mol. The number of aromatic nitrogens is 3. The van der Waals surface area contributed by atoms with E-state index in [-0.39, 0.29) is 5.91 Å². The molecule has 2 aromatic carbocycles. The summed E-state index contributed by atoms with van der Waals surface area (Å²) in [6, 6.07) is 15.5. The van der Waals surface area contributed by atoms with Gasteiger partial charge in [-0.05, 0) is 43.8 Å². The molecule has 5 rings (SSSR count). The largest absolute Gasteiger partial charge is 0.336 e. The molecule has 0 bridgehead atoms. The Hall–Kier alpha value is -4.02. The van der Waals surface area contributed by atoms with Gasteiger partial charge in [0.1, 0.15) is 0 Å². The first-order chi connectivity index (χ1) is 16.0. The third-order valence-corrected chi connectivity index (χ3v) is 6.25. The minimum absolute atomic E-state index is 0.0752. The maximum atomic E-state index is 12.8. The number of benzene rings is 2. The summed E-state index contributed by atoms with van der Waals surface area (Å²) in [5, 5.41) is 9.15. The second-order valence-electron chi connectivity index (χ2n) is 8.46. The summed E-state index contributed by atoms with van der Waals surface area (Å²) in [4.78, 5) is 26.1. The van der Waals surface area contributed by atoms with Crippen LogP contribution in [0.2, 0.25) is 0 Å². The molecule has 0 aliphatic carbocycles. The van der Waals surface area contributed by atoms with E-state index in [4.69, 9.17) is 5.26 Å². The molecule has 7 nitrogen and oxygen atoms in total. The van der Waals surface area contributed by atoms with Crippen LogP contribution < -0.4 is 0 Å². The van der Waals surface area contributed by atoms with Crippen molar-refractivity contribution >= 4 is 11.6 Å². The molecule has 1 amide bonds. The summed E-state index contributed by atoms with van der Waals surface area (Å²) in [5.74, 6) is 0.0752. The minimum atomic E-state index is 0.0752. The quantitative estimate of drug-likeness (QED) is 0.490. The molecular weight excluding hydrogens is 412 g/mol. The van der Waals surface area contributed by atoms with E-state index in [0.29, 0.717) is 11.1 Å². The second kappa shape index (κ2) is 8.49. The van der Waals surface area contributed by atoms with Crippen molar-refractivity contribution < 1.29 is 4.79 Å². The number of likely N-dealkylation sites (N-methyl/N-ethyl adjacent to an activating group) is 1. The number of hydrogen-bond donors (Lipinski definition) is 0. The number of carbonyl (C=O) groups is 1. The van der Waals surface area contributed by atoms with Gasteiger partial charge in [-0.25, -0.2) is 4.98 Å². The Labute approximate surface area is 192 Å². The lowest BCUT2D eigenvalue weighted by Gasteiger charge is -2.32. The fourth-order valence-corrected chi connectivity index (χ4v) is 4.23. The van der Waals surface area contributed by atoms with Crippen molar-refractivity contribution in [2.24, 2.45) is 0 Å². The van der Waals surface area contributed by atoms with Crippen molar-refractivity contribution in [2.75, 3.05) is 33.2 Å². The summed E-state index contributed by atoms with van der Waals surface area (Å²) < 4.78 is 2.01. The van der Waals surface area contributed by atoms with E-state index >= 15 is 0 Å². The predicted octanol–water partition coefficient (Wildman–Crippen LogP) is 3.63. The molecule has 3 heterocycles. The van der Waals surface area contributed by atoms with Gasteiger partial charge in [-0.2, -0.15) is 5.26 Å². The van der Waals surface area contributed by atoms with E-state index in [2.05, 4.69) is 28.0 Å². The van der Waals surface area contributed by atoms with Gasteiger partial charge in [0.2, 0.25) is 0 Å². The van der Waals surface area contributed by atoms with Crippen LogP contribution in [0.3, 0.4) is 0 Å². The minimum Gasteiger partial charge on any atom is -0.336 e. The van der Waals surface area contributed by atoms with Crippen LogP contribution in [0.4, 0.5) is 0 Å². The number of carbonyl (C=O) groups excluding carboxylic acids is 1. The Morgan fingerprint density at radius 2 is 1.76 bits per heavy atom. The Balaban J connectivity index is 1.44. The molecule has 4 aromatic rings. The van der Waals surface area contributed by atoms with Gasteiger partial charge in [0.25, 0.3) is 5.91 Å². The highest BCUT2D eigenvalue weighted by molar-refractivity contribution is 5.94. The van der Waals surface area contributed by atoms with Crippen LogP contribution >= 0.6 is 0 Å². The highest BCUT2D eigenvalue weighted by Gasteiger charge is 2.20. The molecule has 2 aromatic heterocycles. The summed E-state index contributed by atoms with van der Waals surface area (Å²) >= 11 is 0. The molecule has 1 aliphatic rings. The van der Waals surface area contributed by atoms with Crippen molar-refractivity contribution in [1.29, 1.82) is 5.26 Å². The molecule has 33 heavy (non-hydrogen) atoms. The highest BCUT2D eigenvalue weighted by Crippen LogP contribution is 2.27. The van der Waals surface area contributed by atoms with Gasteiger partial charge in [0, 0.05) is 49.1 Å². The molecule has 0 radical (unpaired) electrons. The number of imidazole rings is 1. The number of amides is 1. The SMILES string of the molecule is Cc1cc(C#N)ccc1-c1cnc2cnc(-c3ccc(C(=O)N4CCN(C)CC4)cc3)cn12. The predicted molar refractivity (Wildman–Crippen MR) is 127 cm³/mol. The molecule has 0 atom stereocenters. The molecule has 1 aliphatic heterocycles. The molecule has 7 heteroatoms. The van der Waals surface area contributed by atoms with Gasteiger partial charge in [-0.15, -0.1) is 0 Å². The van der Waals surface area contributed by atoms with Crippen LogP contribution in [0.5, 0.6) is 0 Å². The normalized spacial score (nSPS) is 14.4. The van der Waals surface area contributed by atoms with E-state index in [1.54, 1.807) is 6.20 Å². The smallest absolute Gasteiger partial charge is 0.253 e. The summed E-state index contributed by atoms with van der Waals surface area (Å²) in [6.07, 6.45) is 5.54. The van der Waals surface area contributed by atoms with Crippen LogP contribution in [0.15, 0.2) is 61.1 Å². The van der Waals surface area contributed by atoms with Crippen LogP contribution in [-0.4, -0.2) is 63.3 Å². The van der Waals surface area contributed by atoms with E-state index in [1.807, 2.05) is 71.1 Å². The maximum absolute atomic E-state index is 12.8. The molecule has 164 valence electrons. The lowest BCUT2D eigenvalue weighted by Crippen LogP contribution is -2.47. The van der Waals surface area contributed by atoms with Crippen LogP contribution in [0.1, 0.15) is 21.5 Å². The molecule has 1 fully saturated rings. The first-order valence-corrected chi connectivity index (χ1v) is 11.0. The third-order valence-electron chi connectivity index (χ3n) is 6.25. The van der Waals surface area contributed by atoms with Crippen molar-refractivity contribution in [1.82, 2.24) is 24.2 Å². The van der Waals surface area contributed by atoms with Crippen molar-refractivity contribution in [3.05, 3.63) is 77.7 Å². The Kier molecular flexibility index (Phi) is 5.37. The number of nitrogens with zero attached hydrogens (tertiary/aromatic N) is 6. The van der Waals surface area contributed by atoms with Gasteiger partial charge < -0.3 is 9.80 Å². The highest BCUT2D eigenvalue weighted by atomic mass is 16.2. The standard InChI is InChI=1S/C26H24N6O/c1-18-13-19(14-27)3-8-22(18)24-15-29-25-16-28-23(17-32(24)25)20-4-6-21(7-5-20)26(33)31-11-9-30(2)10-12-31/h3-8,13,15-17H,9-12H2,1-2H3. The molecule has 0 N–H and O–H groups in total. The lowest BCUT2D eigenvalue weighted by molar-refractivity contribution is 0.0664. The first kappa shape index (κ1) is 20.9. The Morgan fingerprint density at radius 1 is 1.00 bits per heavy atom. The van der Waals surface area contributed by atoms with E-state index in [0.717, 1.165) is 59.9 Å². The third kappa shape index (κ3) is 3.97. The van der Waals surface area contributed by atoms with Gasteiger partial charge >= 0.3 is 0 Å². The summed E-state index contributed by atoms with van der Waals surface area (Å²) in [6.45, 7) is 5.31. The number of nitriles is 1. The molecule has 0 spiro atoms. The average Bonchev–Trinajstić information content (AvgIpc) is 3.27. The molecule has 0 unspecified atom stereocenters. The van der Waals surface area contributed by atoms with E-state index < -0.39 is 0 Å². The van der Waals surface area contributed by atoms with Crippen molar-refractivity contribution in [3.63, 3.8) is 0 Å². The molecule has 0 saturated carbocycles. The number of rotatable bonds is 3. The van der Waals surface area contributed by atoms with Gasteiger partial charge in [-0.3, -0.25) is 14.2 Å². The second-order valence-corrected chi connectivity index (χ2v) is 8.46. The van der Waals surface area contributed by atoms with E-state index in [9.17, 15) is 4.79 Å². The van der Waals surface area contributed by atoms with Gasteiger partial charge in [0.05, 0.1) is 35.4 Å². The van der Waals surface area contributed by atoms with Gasteiger partial charge in [0.15, 0.2) is 5.65 Å². The van der Waals surface area contributed by atoms with Crippen LogP contribution in [0, 0.1) is 18.3 Å². The lowest BCUT2D eigenvalue weighted by atomic mass is 10.0. The van der Waals surface area contributed by atoms with Crippen LogP contribution in [-0.2, 0) is 0 Å². The zero-order valence-electron chi connectivity index (χ0n) is 18.7. The zero-order valence-corrected chi connectivity index (χ0v) is 18.7. The monoisotopic (exact) mass is 436 g/mol. The Bertz CT molecular complexity index is 1370. The number of aryl methyl sites for hydroxylation is 1. The maximum Gasteiger partial charge on any atom is 0.253 e.